The fraction of sp³-hybridized carbons (Fsp3) is 0.375. The number of furan rings is 1. The predicted molar refractivity (Wildman–Crippen MR) is 115 cm³/mol. The number of anilines is 1. The molecule has 5 heteroatoms. The van der Waals surface area contributed by atoms with Crippen molar-refractivity contribution in [1.82, 2.24) is 4.90 Å². The van der Waals surface area contributed by atoms with Gasteiger partial charge in [0.15, 0.2) is 5.76 Å². The van der Waals surface area contributed by atoms with E-state index in [-0.39, 0.29) is 12.0 Å². The lowest BCUT2D eigenvalue weighted by molar-refractivity contribution is 0.0485. The van der Waals surface area contributed by atoms with Crippen molar-refractivity contribution in [1.29, 1.82) is 0 Å². The van der Waals surface area contributed by atoms with E-state index in [1.807, 2.05) is 50.2 Å². The van der Waals surface area contributed by atoms with Crippen LogP contribution in [0.4, 0.5) is 5.69 Å². The van der Waals surface area contributed by atoms with E-state index in [1.54, 1.807) is 0 Å². The minimum absolute atomic E-state index is 0.0779. The fourth-order valence-electron chi connectivity index (χ4n) is 3.90. The lowest BCUT2D eigenvalue weighted by Crippen LogP contribution is -2.37. The van der Waals surface area contributed by atoms with Crippen LogP contribution in [0.15, 0.2) is 52.9 Å². The van der Waals surface area contributed by atoms with Gasteiger partial charge < -0.3 is 19.0 Å². The molecule has 2 aromatic carbocycles. The van der Waals surface area contributed by atoms with Crippen molar-refractivity contribution in [2.24, 2.45) is 0 Å². The maximum atomic E-state index is 13.5. The zero-order valence-corrected chi connectivity index (χ0v) is 17.4. The van der Waals surface area contributed by atoms with Crippen LogP contribution in [0.25, 0.3) is 11.0 Å². The second kappa shape index (κ2) is 8.29. The molecule has 1 aromatic heterocycles. The van der Waals surface area contributed by atoms with Crippen molar-refractivity contribution in [2.75, 3.05) is 32.1 Å². The van der Waals surface area contributed by atoms with E-state index in [0.29, 0.717) is 18.8 Å². The van der Waals surface area contributed by atoms with Crippen LogP contribution >= 0.6 is 0 Å². The van der Waals surface area contributed by atoms with Gasteiger partial charge in [0.2, 0.25) is 0 Å². The van der Waals surface area contributed by atoms with Crippen molar-refractivity contribution in [3.8, 4) is 0 Å². The first-order valence-electron chi connectivity index (χ1n) is 10.2. The molecule has 0 unspecified atom stereocenters. The lowest BCUT2D eigenvalue weighted by atomic mass is 10.1. The molecule has 1 fully saturated rings. The smallest absolute Gasteiger partial charge is 0.290 e. The van der Waals surface area contributed by atoms with Gasteiger partial charge in [-0.15, -0.1) is 0 Å². The number of amides is 1. The number of ether oxygens (including phenoxy) is 1. The standard InChI is InChI=1S/C24H28N2O3/c1-17-21-8-4-5-9-22(21)29-23(17)24(27)26(16-20-7-6-14-28-20)15-18-10-12-19(13-11-18)25(2)3/h4-5,8-13,20H,6-7,14-16H2,1-3H3/t20-/m0/s1. The van der Waals surface area contributed by atoms with Crippen LogP contribution in [0.5, 0.6) is 0 Å². The minimum Gasteiger partial charge on any atom is -0.451 e. The van der Waals surface area contributed by atoms with Gasteiger partial charge in [0.25, 0.3) is 5.91 Å². The number of nitrogens with zero attached hydrogens (tertiary/aromatic N) is 2. The average molecular weight is 392 g/mol. The highest BCUT2D eigenvalue weighted by molar-refractivity contribution is 5.98. The number of fused-ring (bicyclic) bond motifs is 1. The maximum absolute atomic E-state index is 13.5. The zero-order valence-electron chi connectivity index (χ0n) is 17.4. The number of carbonyl (C=O) groups is 1. The normalized spacial score (nSPS) is 16.3. The average Bonchev–Trinajstić information content (AvgIpc) is 3.35. The van der Waals surface area contributed by atoms with Gasteiger partial charge in [-0.25, -0.2) is 0 Å². The Kier molecular flexibility index (Phi) is 5.58. The zero-order chi connectivity index (χ0) is 20.4. The third kappa shape index (κ3) is 4.15. The highest BCUT2D eigenvalue weighted by Crippen LogP contribution is 2.27. The van der Waals surface area contributed by atoms with Gasteiger partial charge in [0, 0.05) is 50.4 Å². The highest BCUT2D eigenvalue weighted by Gasteiger charge is 2.27. The monoisotopic (exact) mass is 392 g/mol. The van der Waals surface area contributed by atoms with E-state index in [0.717, 1.165) is 47.2 Å². The molecule has 0 saturated carbocycles. The summed E-state index contributed by atoms with van der Waals surface area (Å²) in [4.78, 5) is 17.4. The van der Waals surface area contributed by atoms with Crippen LogP contribution in [0, 0.1) is 6.92 Å². The maximum Gasteiger partial charge on any atom is 0.290 e. The first-order valence-corrected chi connectivity index (χ1v) is 10.2. The first kappa shape index (κ1) is 19.5. The van der Waals surface area contributed by atoms with Gasteiger partial charge >= 0.3 is 0 Å². The molecule has 0 bridgehead atoms. The molecular weight excluding hydrogens is 364 g/mol. The van der Waals surface area contributed by atoms with Crippen LogP contribution in [0.2, 0.25) is 0 Å². The SMILES string of the molecule is Cc1c(C(=O)N(Cc2ccc(N(C)C)cc2)C[C@@H]2CCCO2)oc2ccccc12. The number of benzene rings is 2. The molecule has 0 N–H and O–H groups in total. The third-order valence-electron chi connectivity index (χ3n) is 5.60. The summed E-state index contributed by atoms with van der Waals surface area (Å²) in [5, 5.41) is 0.989. The van der Waals surface area contributed by atoms with E-state index in [1.165, 1.54) is 0 Å². The molecule has 5 nitrogen and oxygen atoms in total. The van der Waals surface area contributed by atoms with Crippen molar-refractivity contribution < 1.29 is 13.9 Å². The molecule has 1 aliphatic heterocycles. The minimum atomic E-state index is -0.0779. The first-order chi connectivity index (χ1) is 14.0. The topological polar surface area (TPSA) is 45.9 Å². The molecule has 0 aliphatic carbocycles. The quantitative estimate of drug-likeness (QED) is 0.614. The number of para-hydroxylation sites is 1. The van der Waals surface area contributed by atoms with Crippen LogP contribution in [0.1, 0.15) is 34.5 Å². The molecule has 0 spiro atoms. The molecule has 1 atom stereocenters. The molecule has 152 valence electrons. The van der Waals surface area contributed by atoms with Crippen molar-refractivity contribution in [2.45, 2.75) is 32.4 Å². The molecule has 29 heavy (non-hydrogen) atoms. The molecule has 2 heterocycles. The number of rotatable bonds is 6. The Labute approximate surface area is 171 Å². The van der Waals surface area contributed by atoms with Gasteiger partial charge in [-0.3, -0.25) is 4.79 Å². The Morgan fingerprint density at radius 3 is 2.52 bits per heavy atom. The summed E-state index contributed by atoms with van der Waals surface area (Å²) in [6.45, 7) is 3.83. The van der Waals surface area contributed by atoms with E-state index >= 15 is 0 Å². The number of aryl methyl sites for hydroxylation is 1. The molecular formula is C24H28N2O3. The van der Waals surface area contributed by atoms with Crippen molar-refractivity contribution in [3.63, 3.8) is 0 Å². The Morgan fingerprint density at radius 2 is 1.86 bits per heavy atom. The Bertz CT molecular complexity index is 985. The van der Waals surface area contributed by atoms with E-state index in [2.05, 4.69) is 29.2 Å². The Balaban J connectivity index is 1.61. The fourth-order valence-corrected chi connectivity index (χ4v) is 3.90. The van der Waals surface area contributed by atoms with Crippen molar-refractivity contribution in [3.05, 3.63) is 65.4 Å². The van der Waals surface area contributed by atoms with Crippen LogP contribution in [0.3, 0.4) is 0 Å². The molecule has 1 aliphatic rings. The summed E-state index contributed by atoms with van der Waals surface area (Å²) in [7, 11) is 4.04. The molecule has 3 aromatic rings. The van der Waals surface area contributed by atoms with E-state index in [9.17, 15) is 4.79 Å². The van der Waals surface area contributed by atoms with Crippen LogP contribution in [-0.2, 0) is 11.3 Å². The Morgan fingerprint density at radius 1 is 1.10 bits per heavy atom. The number of carbonyl (C=O) groups excluding carboxylic acids is 1. The summed E-state index contributed by atoms with van der Waals surface area (Å²) >= 11 is 0. The molecule has 4 rings (SSSR count). The summed E-state index contributed by atoms with van der Waals surface area (Å²) < 4.78 is 11.8. The highest BCUT2D eigenvalue weighted by atomic mass is 16.5. The number of hydrogen-bond donors (Lipinski definition) is 0. The van der Waals surface area contributed by atoms with Gasteiger partial charge in [0.1, 0.15) is 5.58 Å². The summed E-state index contributed by atoms with van der Waals surface area (Å²) in [6.07, 6.45) is 2.13. The molecule has 1 saturated heterocycles. The van der Waals surface area contributed by atoms with E-state index in [4.69, 9.17) is 9.15 Å². The van der Waals surface area contributed by atoms with Crippen molar-refractivity contribution >= 4 is 22.6 Å². The van der Waals surface area contributed by atoms with Gasteiger partial charge in [-0.05, 0) is 43.5 Å². The predicted octanol–water partition coefficient (Wildman–Crippen LogP) is 4.63. The van der Waals surface area contributed by atoms with E-state index < -0.39 is 0 Å². The van der Waals surface area contributed by atoms with Gasteiger partial charge in [0.05, 0.1) is 6.10 Å². The molecule has 1 amide bonds. The third-order valence-corrected chi connectivity index (χ3v) is 5.60. The second-order valence-corrected chi connectivity index (χ2v) is 7.93. The summed E-state index contributed by atoms with van der Waals surface area (Å²) in [5.41, 5.74) is 3.88. The van der Waals surface area contributed by atoms with Crippen LogP contribution in [-0.4, -0.2) is 44.2 Å². The number of hydrogen-bond acceptors (Lipinski definition) is 4. The molecule has 0 radical (unpaired) electrons. The van der Waals surface area contributed by atoms with Gasteiger partial charge in [-0.2, -0.15) is 0 Å². The largest absolute Gasteiger partial charge is 0.451 e. The Hall–Kier alpha value is -2.79. The second-order valence-electron chi connectivity index (χ2n) is 7.93. The van der Waals surface area contributed by atoms with Crippen LogP contribution < -0.4 is 4.90 Å². The summed E-state index contributed by atoms with van der Waals surface area (Å²) in [6, 6.07) is 16.1. The van der Waals surface area contributed by atoms with Gasteiger partial charge in [-0.1, -0.05) is 30.3 Å². The lowest BCUT2D eigenvalue weighted by Gasteiger charge is -2.25. The summed E-state index contributed by atoms with van der Waals surface area (Å²) in [5.74, 6) is 0.347.